The molecule has 0 aliphatic carbocycles. The molecule has 106 valence electrons. The number of benzene rings is 1. The van der Waals surface area contributed by atoms with Crippen molar-refractivity contribution in [3.63, 3.8) is 0 Å². The smallest absolute Gasteiger partial charge is 0.205 e. The maximum Gasteiger partial charge on any atom is 0.205 e. The van der Waals surface area contributed by atoms with E-state index in [2.05, 4.69) is 26.5 Å². The number of hydrogen-bond donors (Lipinski definition) is 1. The van der Waals surface area contributed by atoms with E-state index in [1.54, 1.807) is 11.3 Å². The first kappa shape index (κ1) is 13.6. The highest BCUT2D eigenvalue weighted by atomic mass is 35.5. The van der Waals surface area contributed by atoms with Crippen molar-refractivity contribution in [2.45, 2.75) is 13.3 Å². The van der Waals surface area contributed by atoms with Gasteiger partial charge in [0.05, 0.1) is 0 Å². The summed E-state index contributed by atoms with van der Waals surface area (Å²) in [5.41, 5.74) is 1.21. The molecule has 20 heavy (non-hydrogen) atoms. The van der Waals surface area contributed by atoms with E-state index in [-0.39, 0.29) is 0 Å². The second kappa shape index (κ2) is 5.97. The average Bonchev–Trinajstić information content (AvgIpc) is 3.05. The number of aryl methyl sites for hydroxylation is 1. The van der Waals surface area contributed by atoms with E-state index >= 15 is 0 Å². The summed E-state index contributed by atoms with van der Waals surface area (Å²) in [5.74, 6) is 0.637. The van der Waals surface area contributed by atoms with Crippen LogP contribution in [0.15, 0.2) is 24.3 Å². The van der Waals surface area contributed by atoms with Crippen molar-refractivity contribution in [3.8, 4) is 0 Å². The number of halogens is 1. The van der Waals surface area contributed by atoms with Crippen molar-refractivity contribution < 1.29 is 0 Å². The standard InChI is InChI=1S/C14H17ClN4S/c1-10-17-18-14(20-10)16-8-11-5-6-19(9-11)13-4-2-3-12(15)7-13/h2-4,7,11H,5-6,8-9H2,1H3,(H,16,18)/t11-/m0/s1. The van der Waals surface area contributed by atoms with Crippen molar-refractivity contribution in [1.29, 1.82) is 0 Å². The molecule has 1 aromatic carbocycles. The zero-order valence-corrected chi connectivity index (χ0v) is 12.9. The second-order valence-electron chi connectivity index (χ2n) is 5.09. The SMILES string of the molecule is Cc1nnc(NC[C@@H]2CCN(c3cccc(Cl)c3)C2)s1. The lowest BCUT2D eigenvalue weighted by Crippen LogP contribution is -2.22. The molecular weight excluding hydrogens is 292 g/mol. The van der Waals surface area contributed by atoms with Gasteiger partial charge in [-0.2, -0.15) is 0 Å². The van der Waals surface area contributed by atoms with Crippen LogP contribution in [0.25, 0.3) is 0 Å². The molecule has 2 aromatic rings. The summed E-state index contributed by atoms with van der Waals surface area (Å²) in [6, 6.07) is 8.08. The van der Waals surface area contributed by atoms with Crippen molar-refractivity contribution in [3.05, 3.63) is 34.3 Å². The minimum atomic E-state index is 0.637. The fourth-order valence-electron chi connectivity index (χ4n) is 2.51. The van der Waals surface area contributed by atoms with Gasteiger partial charge in [0.1, 0.15) is 5.01 Å². The molecule has 1 aromatic heterocycles. The molecule has 1 atom stereocenters. The average molecular weight is 309 g/mol. The number of nitrogens with zero attached hydrogens (tertiary/aromatic N) is 3. The Morgan fingerprint density at radius 3 is 3.10 bits per heavy atom. The number of anilines is 2. The van der Waals surface area contributed by atoms with E-state index in [4.69, 9.17) is 11.6 Å². The lowest BCUT2D eigenvalue weighted by Gasteiger charge is -2.19. The topological polar surface area (TPSA) is 41.1 Å². The van der Waals surface area contributed by atoms with Crippen LogP contribution in [0.3, 0.4) is 0 Å². The normalized spacial score (nSPS) is 18.5. The third-order valence-electron chi connectivity index (χ3n) is 3.53. The van der Waals surface area contributed by atoms with Crippen molar-refractivity contribution in [2.75, 3.05) is 29.9 Å². The number of nitrogens with one attached hydrogen (secondary N) is 1. The van der Waals surface area contributed by atoms with Gasteiger partial charge < -0.3 is 10.2 Å². The number of rotatable bonds is 4. The number of aromatic nitrogens is 2. The zero-order valence-electron chi connectivity index (χ0n) is 11.3. The van der Waals surface area contributed by atoms with Gasteiger partial charge in [-0.1, -0.05) is 29.0 Å². The molecule has 4 nitrogen and oxygen atoms in total. The van der Waals surface area contributed by atoms with Crippen LogP contribution in [0.5, 0.6) is 0 Å². The van der Waals surface area contributed by atoms with Crippen LogP contribution in [-0.2, 0) is 0 Å². The van der Waals surface area contributed by atoms with Crippen LogP contribution in [0, 0.1) is 12.8 Å². The second-order valence-corrected chi connectivity index (χ2v) is 6.71. The van der Waals surface area contributed by atoms with E-state index in [9.17, 15) is 0 Å². The Morgan fingerprint density at radius 2 is 2.35 bits per heavy atom. The number of hydrogen-bond acceptors (Lipinski definition) is 5. The molecular formula is C14H17ClN4S. The predicted octanol–water partition coefficient (Wildman–Crippen LogP) is 3.44. The molecule has 2 heterocycles. The Labute approximate surface area is 127 Å². The summed E-state index contributed by atoms with van der Waals surface area (Å²) >= 11 is 7.66. The van der Waals surface area contributed by atoms with E-state index in [1.165, 1.54) is 12.1 Å². The molecule has 1 aliphatic heterocycles. The first-order valence-corrected chi connectivity index (χ1v) is 7.94. The highest BCUT2D eigenvalue weighted by Gasteiger charge is 2.22. The van der Waals surface area contributed by atoms with E-state index < -0.39 is 0 Å². The van der Waals surface area contributed by atoms with Crippen molar-refractivity contribution >= 4 is 33.8 Å². The van der Waals surface area contributed by atoms with Gasteiger partial charge in [-0.05, 0) is 37.5 Å². The van der Waals surface area contributed by atoms with Crippen molar-refractivity contribution in [1.82, 2.24) is 10.2 Å². The quantitative estimate of drug-likeness (QED) is 0.939. The van der Waals surface area contributed by atoms with Gasteiger partial charge in [-0.15, -0.1) is 10.2 Å². The summed E-state index contributed by atoms with van der Waals surface area (Å²) in [6.45, 7) is 5.07. The molecule has 0 spiro atoms. The highest BCUT2D eigenvalue weighted by molar-refractivity contribution is 7.15. The highest BCUT2D eigenvalue weighted by Crippen LogP contribution is 2.26. The Balaban J connectivity index is 1.54. The molecule has 0 saturated carbocycles. The van der Waals surface area contributed by atoms with Crippen LogP contribution in [0.1, 0.15) is 11.4 Å². The van der Waals surface area contributed by atoms with Crippen LogP contribution < -0.4 is 10.2 Å². The molecule has 3 rings (SSSR count). The molecule has 1 aliphatic rings. The van der Waals surface area contributed by atoms with Crippen LogP contribution >= 0.6 is 22.9 Å². The van der Waals surface area contributed by atoms with Crippen molar-refractivity contribution in [2.24, 2.45) is 5.92 Å². The molecule has 1 saturated heterocycles. The molecule has 6 heteroatoms. The van der Waals surface area contributed by atoms with E-state index in [0.717, 1.165) is 34.8 Å². The Morgan fingerprint density at radius 1 is 1.45 bits per heavy atom. The fraction of sp³-hybridized carbons (Fsp3) is 0.429. The summed E-state index contributed by atoms with van der Waals surface area (Å²) in [4.78, 5) is 2.39. The largest absolute Gasteiger partial charge is 0.371 e. The molecule has 1 fully saturated rings. The summed E-state index contributed by atoms with van der Waals surface area (Å²) < 4.78 is 0. The summed E-state index contributed by atoms with van der Waals surface area (Å²) in [7, 11) is 0. The predicted molar refractivity (Wildman–Crippen MR) is 84.9 cm³/mol. The van der Waals surface area contributed by atoms with Gasteiger partial charge in [0, 0.05) is 30.3 Å². The Hall–Kier alpha value is -1.33. The van der Waals surface area contributed by atoms with E-state index in [0.29, 0.717) is 5.92 Å². The summed E-state index contributed by atoms with van der Waals surface area (Å²) in [6.07, 6.45) is 1.19. The first-order chi connectivity index (χ1) is 9.70. The Kier molecular flexibility index (Phi) is 4.08. The van der Waals surface area contributed by atoms with Crippen LogP contribution in [0.2, 0.25) is 5.02 Å². The van der Waals surface area contributed by atoms with E-state index in [1.807, 2.05) is 25.1 Å². The van der Waals surface area contributed by atoms with Gasteiger partial charge in [-0.3, -0.25) is 0 Å². The maximum atomic E-state index is 6.05. The van der Waals surface area contributed by atoms with Crippen LogP contribution in [0.4, 0.5) is 10.8 Å². The molecule has 0 radical (unpaired) electrons. The van der Waals surface area contributed by atoms with Crippen LogP contribution in [-0.4, -0.2) is 29.8 Å². The molecule has 1 N–H and O–H groups in total. The molecule has 0 bridgehead atoms. The monoisotopic (exact) mass is 308 g/mol. The zero-order chi connectivity index (χ0) is 13.9. The Bertz CT molecular complexity index is 586. The first-order valence-electron chi connectivity index (χ1n) is 6.75. The fourth-order valence-corrected chi connectivity index (χ4v) is 3.29. The third-order valence-corrected chi connectivity index (χ3v) is 4.56. The molecule has 0 amide bonds. The minimum absolute atomic E-state index is 0.637. The molecule has 0 unspecified atom stereocenters. The summed E-state index contributed by atoms with van der Waals surface area (Å²) in [5, 5.41) is 14.2. The maximum absolute atomic E-state index is 6.05. The van der Waals surface area contributed by atoms with Gasteiger partial charge in [0.2, 0.25) is 5.13 Å². The van der Waals surface area contributed by atoms with Gasteiger partial charge in [-0.25, -0.2) is 0 Å². The van der Waals surface area contributed by atoms with Gasteiger partial charge >= 0.3 is 0 Å². The lowest BCUT2D eigenvalue weighted by atomic mass is 10.1. The lowest BCUT2D eigenvalue weighted by molar-refractivity contribution is 0.622. The van der Waals surface area contributed by atoms with Gasteiger partial charge in [0.25, 0.3) is 0 Å². The van der Waals surface area contributed by atoms with Gasteiger partial charge in [0.15, 0.2) is 0 Å². The third kappa shape index (κ3) is 3.22. The minimum Gasteiger partial charge on any atom is -0.371 e.